The van der Waals surface area contributed by atoms with Gasteiger partial charge in [0.2, 0.25) is 5.91 Å². The van der Waals surface area contributed by atoms with Crippen molar-refractivity contribution in [1.29, 1.82) is 0 Å². The zero-order chi connectivity index (χ0) is 14.4. The molecule has 1 aromatic rings. The van der Waals surface area contributed by atoms with Gasteiger partial charge in [-0.2, -0.15) is 0 Å². The molecule has 0 spiro atoms. The van der Waals surface area contributed by atoms with E-state index in [9.17, 15) is 13.6 Å². The van der Waals surface area contributed by atoms with E-state index in [1.54, 1.807) is 18.2 Å². The summed E-state index contributed by atoms with van der Waals surface area (Å²) in [4.78, 5) is 11.8. The summed E-state index contributed by atoms with van der Waals surface area (Å²) in [5.41, 5.74) is 0.830. The Bertz CT molecular complexity index is 449. The van der Waals surface area contributed by atoms with Crippen LogP contribution < -0.4 is 15.4 Å². The molecule has 20 heavy (non-hydrogen) atoms. The minimum Gasteiger partial charge on any atom is -0.488 e. The average Bonchev–Trinajstić information content (AvgIpc) is 2.97. The number of amides is 1. The van der Waals surface area contributed by atoms with Crippen molar-refractivity contribution in [2.75, 3.05) is 19.7 Å². The highest BCUT2D eigenvalue weighted by Crippen LogP contribution is 2.14. The number of benzene rings is 1. The number of ether oxygens (including phenoxy) is 1. The summed E-state index contributed by atoms with van der Waals surface area (Å²) in [5, 5.41) is 5.99. The van der Waals surface area contributed by atoms with E-state index in [0.29, 0.717) is 18.8 Å². The fourth-order valence-electron chi connectivity index (χ4n) is 2.12. The van der Waals surface area contributed by atoms with E-state index < -0.39 is 13.0 Å². The predicted octanol–water partition coefficient (Wildman–Crippen LogP) is 1.56. The van der Waals surface area contributed by atoms with Crippen LogP contribution in [0.3, 0.4) is 0 Å². The van der Waals surface area contributed by atoms with Crippen molar-refractivity contribution >= 4 is 5.91 Å². The van der Waals surface area contributed by atoms with Gasteiger partial charge in [-0.3, -0.25) is 4.79 Å². The third-order valence-electron chi connectivity index (χ3n) is 3.17. The van der Waals surface area contributed by atoms with Gasteiger partial charge in [0.15, 0.2) is 0 Å². The molecule has 1 saturated heterocycles. The zero-order valence-corrected chi connectivity index (χ0v) is 11.1. The summed E-state index contributed by atoms with van der Waals surface area (Å²) in [6, 6.07) is 6.83. The van der Waals surface area contributed by atoms with Crippen LogP contribution in [0.4, 0.5) is 8.78 Å². The first-order chi connectivity index (χ1) is 9.65. The SMILES string of the molecule is O=C(NCc1cccc(OCC(F)F)c1)C1CCNC1. The van der Waals surface area contributed by atoms with Crippen LogP contribution in [0.15, 0.2) is 24.3 Å². The van der Waals surface area contributed by atoms with Crippen LogP contribution in [0.25, 0.3) is 0 Å². The van der Waals surface area contributed by atoms with E-state index in [-0.39, 0.29) is 11.8 Å². The Kier molecular flexibility index (Phi) is 5.29. The first kappa shape index (κ1) is 14.7. The van der Waals surface area contributed by atoms with Crippen LogP contribution in [0.1, 0.15) is 12.0 Å². The first-order valence-corrected chi connectivity index (χ1v) is 6.63. The molecule has 0 aliphatic carbocycles. The Labute approximate surface area is 116 Å². The summed E-state index contributed by atoms with van der Waals surface area (Å²) < 4.78 is 29.1. The molecule has 2 rings (SSSR count). The summed E-state index contributed by atoms with van der Waals surface area (Å²) in [6.45, 7) is 1.34. The van der Waals surface area contributed by atoms with E-state index in [0.717, 1.165) is 18.5 Å². The number of hydrogen-bond acceptors (Lipinski definition) is 3. The quantitative estimate of drug-likeness (QED) is 0.833. The number of rotatable bonds is 6. The summed E-state index contributed by atoms with van der Waals surface area (Å²) in [5.74, 6) is 0.432. The maximum atomic E-state index is 12.1. The minimum atomic E-state index is -2.49. The smallest absolute Gasteiger partial charge is 0.272 e. The second-order valence-corrected chi connectivity index (χ2v) is 4.76. The van der Waals surface area contributed by atoms with E-state index >= 15 is 0 Å². The minimum absolute atomic E-state index is 0.0215. The molecule has 1 amide bonds. The summed E-state index contributed by atoms with van der Waals surface area (Å²) in [7, 11) is 0. The molecule has 1 fully saturated rings. The lowest BCUT2D eigenvalue weighted by molar-refractivity contribution is -0.124. The van der Waals surface area contributed by atoms with Crippen molar-refractivity contribution in [2.24, 2.45) is 5.92 Å². The van der Waals surface area contributed by atoms with E-state index in [2.05, 4.69) is 10.6 Å². The average molecular weight is 284 g/mol. The fraction of sp³-hybridized carbons (Fsp3) is 0.500. The molecule has 1 aliphatic rings. The monoisotopic (exact) mass is 284 g/mol. The van der Waals surface area contributed by atoms with Crippen molar-refractivity contribution < 1.29 is 18.3 Å². The Morgan fingerprint density at radius 1 is 1.50 bits per heavy atom. The van der Waals surface area contributed by atoms with Gasteiger partial charge in [-0.05, 0) is 30.7 Å². The van der Waals surface area contributed by atoms with Crippen molar-refractivity contribution in [3.8, 4) is 5.75 Å². The van der Waals surface area contributed by atoms with Crippen molar-refractivity contribution in [2.45, 2.75) is 19.4 Å². The predicted molar refractivity (Wildman–Crippen MR) is 70.8 cm³/mol. The summed E-state index contributed by atoms with van der Waals surface area (Å²) >= 11 is 0. The second kappa shape index (κ2) is 7.19. The van der Waals surface area contributed by atoms with Gasteiger partial charge in [0.25, 0.3) is 6.43 Å². The third-order valence-corrected chi connectivity index (χ3v) is 3.17. The topological polar surface area (TPSA) is 50.4 Å². The third kappa shape index (κ3) is 4.45. The molecule has 1 aliphatic heterocycles. The number of carbonyl (C=O) groups is 1. The van der Waals surface area contributed by atoms with Gasteiger partial charge in [0.1, 0.15) is 12.4 Å². The number of alkyl halides is 2. The van der Waals surface area contributed by atoms with Gasteiger partial charge in [0, 0.05) is 13.1 Å². The highest BCUT2D eigenvalue weighted by atomic mass is 19.3. The number of carbonyl (C=O) groups excluding carboxylic acids is 1. The van der Waals surface area contributed by atoms with Gasteiger partial charge >= 0.3 is 0 Å². The van der Waals surface area contributed by atoms with Crippen LogP contribution in [-0.2, 0) is 11.3 Å². The standard InChI is InChI=1S/C14H18F2N2O2/c15-13(16)9-20-12-3-1-2-10(6-12)7-18-14(19)11-4-5-17-8-11/h1-3,6,11,13,17H,4-5,7-9H2,(H,18,19). The highest BCUT2D eigenvalue weighted by Gasteiger charge is 2.21. The molecule has 4 nitrogen and oxygen atoms in total. The molecule has 0 aromatic heterocycles. The molecular formula is C14H18F2N2O2. The Morgan fingerprint density at radius 3 is 3.05 bits per heavy atom. The van der Waals surface area contributed by atoms with Gasteiger partial charge in [-0.1, -0.05) is 12.1 Å². The number of halogens is 2. The molecule has 1 aromatic carbocycles. The molecule has 2 N–H and O–H groups in total. The molecular weight excluding hydrogens is 266 g/mol. The van der Waals surface area contributed by atoms with Gasteiger partial charge in [-0.15, -0.1) is 0 Å². The van der Waals surface area contributed by atoms with Crippen LogP contribution >= 0.6 is 0 Å². The Hall–Kier alpha value is -1.69. The molecule has 1 unspecified atom stereocenters. The lowest BCUT2D eigenvalue weighted by Gasteiger charge is -2.11. The molecule has 6 heteroatoms. The maximum absolute atomic E-state index is 12.1. The second-order valence-electron chi connectivity index (χ2n) is 4.76. The zero-order valence-electron chi connectivity index (χ0n) is 11.1. The molecule has 0 radical (unpaired) electrons. The highest BCUT2D eigenvalue weighted by molar-refractivity contribution is 5.79. The fourth-order valence-corrected chi connectivity index (χ4v) is 2.12. The van der Waals surface area contributed by atoms with Crippen LogP contribution in [-0.4, -0.2) is 32.0 Å². The molecule has 0 saturated carbocycles. The molecule has 1 heterocycles. The lowest BCUT2D eigenvalue weighted by atomic mass is 10.1. The molecule has 110 valence electrons. The van der Waals surface area contributed by atoms with Crippen molar-refractivity contribution in [3.05, 3.63) is 29.8 Å². The van der Waals surface area contributed by atoms with Gasteiger partial charge < -0.3 is 15.4 Å². The van der Waals surface area contributed by atoms with Crippen LogP contribution in [0, 0.1) is 5.92 Å². The Morgan fingerprint density at radius 2 is 2.35 bits per heavy atom. The number of hydrogen-bond donors (Lipinski definition) is 2. The van der Waals surface area contributed by atoms with Gasteiger partial charge in [0.05, 0.1) is 5.92 Å². The normalized spacial score (nSPS) is 18.2. The Balaban J connectivity index is 1.82. The van der Waals surface area contributed by atoms with Crippen LogP contribution in [0.5, 0.6) is 5.75 Å². The van der Waals surface area contributed by atoms with Gasteiger partial charge in [-0.25, -0.2) is 8.78 Å². The van der Waals surface area contributed by atoms with E-state index in [1.807, 2.05) is 6.07 Å². The number of nitrogens with one attached hydrogen (secondary N) is 2. The largest absolute Gasteiger partial charge is 0.488 e. The van der Waals surface area contributed by atoms with Crippen molar-refractivity contribution in [3.63, 3.8) is 0 Å². The molecule has 0 bridgehead atoms. The van der Waals surface area contributed by atoms with Crippen LogP contribution in [0.2, 0.25) is 0 Å². The van der Waals surface area contributed by atoms with E-state index in [4.69, 9.17) is 4.74 Å². The molecule has 1 atom stereocenters. The lowest BCUT2D eigenvalue weighted by Crippen LogP contribution is -2.31. The first-order valence-electron chi connectivity index (χ1n) is 6.63. The maximum Gasteiger partial charge on any atom is 0.272 e. The van der Waals surface area contributed by atoms with E-state index in [1.165, 1.54) is 0 Å². The summed E-state index contributed by atoms with van der Waals surface area (Å²) in [6.07, 6.45) is -1.64. The van der Waals surface area contributed by atoms with Crippen molar-refractivity contribution in [1.82, 2.24) is 10.6 Å².